The quantitative estimate of drug-likeness (QED) is 0.588. The summed E-state index contributed by atoms with van der Waals surface area (Å²) in [6.45, 7) is 6.52. The predicted octanol–water partition coefficient (Wildman–Crippen LogP) is 1.97. The summed E-state index contributed by atoms with van der Waals surface area (Å²) in [5.41, 5.74) is 5.19. The predicted molar refractivity (Wildman–Crippen MR) is 70.7 cm³/mol. The van der Waals surface area contributed by atoms with Gasteiger partial charge in [-0.15, -0.1) is 0 Å². The fourth-order valence-electron chi connectivity index (χ4n) is 1.67. The van der Waals surface area contributed by atoms with Crippen LogP contribution in [0.25, 0.3) is 0 Å². The van der Waals surface area contributed by atoms with Crippen LogP contribution in [0.2, 0.25) is 0 Å². The smallest absolute Gasteiger partial charge is 0.190 e. The SMILES string of the molecule is CCN(CC)CCOc1c(F)cc(C(=N)N)cc1F. The van der Waals surface area contributed by atoms with Crippen molar-refractivity contribution < 1.29 is 13.5 Å². The lowest BCUT2D eigenvalue weighted by atomic mass is 10.2. The monoisotopic (exact) mass is 271 g/mol. The van der Waals surface area contributed by atoms with Crippen molar-refractivity contribution in [1.29, 1.82) is 5.41 Å². The maximum absolute atomic E-state index is 13.6. The van der Waals surface area contributed by atoms with Gasteiger partial charge >= 0.3 is 0 Å². The van der Waals surface area contributed by atoms with E-state index in [4.69, 9.17) is 15.9 Å². The Labute approximate surface area is 111 Å². The van der Waals surface area contributed by atoms with Crippen LogP contribution in [-0.4, -0.2) is 37.0 Å². The zero-order chi connectivity index (χ0) is 14.4. The zero-order valence-corrected chi connectivity index (χ0v) is 11.2. The molecule has 6 heteroatoms. The molecule has 0 saturated carbocycles. The Morgan fingerprint density at radius 3 is 2.21 bits per heavy atom. The van der Waals surface area contributed by atoms with E-state index in [2.05, 4.69) is 4.90 Å². The second kappa shape index (κ2) is 7.04. The maximum atomic E-state index is 13.6. The Morgan fingerprint density at radius 1 is 1.26 bits per heavy atom. The highest BCUT2D eigenvalue weighted by Gasteiger charge is 2.14. The van der Waals surface area contributed by atoms with Gasteiger partial charge in [-0.3, -0.25) is 5.41 Å². The first-order valence-electron chi connectivity index (χ1n) is 6.18. The number of nitrogens with one attached hydrogen (secondary N) is 1. The van der Waals surface area contributed by atoms with Gasteiger partial charge in [0.1, 0.15) is 12.4 Å². The van der Waals surface area contributed by atoms with Crippen molar-refractivity contribution in [3.63, 3.8) is 0 Å². The van der Waals surface area contributed by atoms with Gasteiger partial charge in [0.05, 0.1) is 0 Å². The number of likely N-dealkylation sites (N-methyl/N-ethyl adjacent to an activating group) is 1. The first kappa shape index (κ1) is 15.4. The molecule has 1 rings (SSSR count). The lowest BCUT2D eigenvalue weighted by Crippen LogP contribution is -2.28. The third-order valence-electron chi connectivity index (χ3n) is 2.86. The zero-order valence-electron chi connectivity index (χ0n) is 11.2. The highest BCUT2D eigenvalue weighted by atomic mass is 19.1. The van der Waals surface area contributed by atoms with E-state index in [1.54, 1.807) is 0 Å². The molecule has 0 aliphatic heterocycles. The van der Waals surface area contributed by atoms with Gasteiger partial charge in [0.15, 0.2) is 17.4 Å². The van der Waals surface area contributed by atoms with E-state index in [0.29, 0.717) is 6.54 Å². The van der Waals surface area contributed by atoms with Crippen LogP contribution in [-0.2, 0) is 0 Å². The third kappa shape index (κ3) is 4.17. The summed E-state index contributed by atoms with van der Waals surface area (Å²) in [7, 11) is 0. The van der Waals surface area contributed by atoms with E-state index < -0.39 is 17.4 Å². The van der Waals surface area contributed by atoms with Crippen LogP contribution in [0.1, 0.15) is 19.4 Å². The van der Waals surface area contributed by atoms with Gasteiger partial charge in [-0.05, 0) is 25.2 Å². The Bertz CT molecular complexity index is 425. The summed E-state index contributed by atoms with van der Waals surface area (Å²) in [5.74, 6) is -2.49. The van der Waals surface area contributed by atoms with Crippen molar-refractivity contribution >= 4 is 5.84 Å². The first-order valence-corrected chi connectivity index (χ1v) is 6.18. The molecule has 0 radical (unpaired) electrons. The van der Waals surface area contributed by atoms with Crippen LogP contribution in [0.15, 0.2) is 12.1 Å². The van der Waals surface area contributed by atoms with Crippen LogP contribution < -0.4 is 10.5 Å². The summed E-state index contributed by atoms with van der Waals surface area (Å²) in [5, 5.41) is 7.14. The molecule has 0 heterocycles. The van der Waals surface area contributed by atoms with Crippen molar-refractivity contribution in [3.05, 3.63) is 29.3 Å². The van der Waals surface area contributed by atoms with Crippen LogP contribution in [0.3, 0.4) is 0 Å². The topological polar surface area (TPSA) is 62.3 Å². The first-order chi connectivity index (χ1) is 8.99. The van der Waals surface area contributed by atoms with Gasteiger partial charge in [0.2, 0.25) is 0 Å². The van der Waals surface area contributed by atoms with Crippen molar-refractivity contribution in [3.8, 4) is 5.75 Å². The number of ether oxygens (including phenoxy) is 1. The molecule has 19 heavy (non-hydrogen) atoms. The maximum Gasteiger partial charge on any atom is 0.190 e. The molecule has 0 amide bonds. The normalized spacial score (nSPS) is 10.8. The van der Waals surface area contributed by atoms with Gasteiger partial charge < -0.3 is 15.4 Å². The van der Waals surface area contributed by atoms with Crippen LogP contribution in [0.5, 0.6) is 5.75 Å². The molecule has 0 fully saturated rings. The molecule has 0 aromatic heterocycles. The molecular weight excluding hydrogens is 252 g/mol. The number of hydrogen-bond donors (Lipinski definition) is 2. The summed E-state index contributed by atoms with van der Waals surface area (Å²) >= 11 is 0. The van der Waals surface area contributed by atoms with Crippen molar-refractivity contribution in [2.75, 3.05) is 26.2 Å². The Hall–Kier alpha value is -1.69. The summed E-state index contributed by atoms with van der Waals surface area (Å²) in [6, 6.07) is 2.00. The molecule has 0 aliphatic rings. The lowest BCUT2D eigenvalue weighted by molar-refractivity contribution is 0.211. The number of benzene rings is 1. The average Bonchev–Trinajstić information content (AvgIpc) is 2.37. The highest BCUT2D eigenvalue weighted by molar-refractivity contribution is 5.95. The molecule has 0 atom stereocenters. The summed E-state index contributed by atoms with van der Waals surface area (Å²) in [4.78, 5) is 2.08. The van der Waals surface area contributed by atoms with Crippen molar-refractivity contribution in [2.24, 2.45) is 5.73 Å². The highest BCUT2D eigenvalue weighted by Crippen LogP contribution is 2.23. The van der Waals surface area contributed by atoms with E-state index in [0.717, 1.165) is 25.2 Å². The lowest BCUT2D eigenvalue weighted by Gasteiger charge is -2.18. The van der Waals surface area contributed by atoms with Gasteiger partial charge in [0, 0.05) is 12.1 Å². The van der Waals surface area contributed by atoms with E-state index in [1.807, 2.05) is 13.8 Å². The van der Waals surface area contributed by atoms with Crippen molar-refractivity contribution in [2.45, 2.75) is 13.8 Å². The molecule has 3 N–H and O–H groups in total. The van der Waals surface area contributed by atoms with Crippen molar-refractivity contribution in [1.82, 2.24) is 4.90 Å². The van der Waals surface area contributed by atoms with Gasteiger partial charge in [-0.2, -0.15) is 0 Å². The molecule has 0 unspecified atom stereocenters. The fourth-order valence-corrected chi connectivity index (χ4v) is 1.67. The average molecular weight is 271 g/mol. The van der Waals surface area contributed by atoms with Crippen LogP contribution in [0.4, 0.5) is 8.78 Å². The summed E-state index contributed by atoms with van der Waals surface area (Å²) in [6.07, 6.45) is 0. The number of nitrogens with zero attached hydrogens (tertiary/aromatic N) is 1. The van der Waals surface area contributed by atoms with Gasteiger partial charge in [0.25, 0.3) is 0 Å². The Morgan fingerprint density at radius 2 is 1.79 bits per heavy atom. The Kier molecular flexibility index (Phi) is 5.69. The standard InChI is InChI=1S/C13H19F2N3O/c1-3-18(4-2)5-6-19-12-10(14)7-9(13(16)17)8-11(12)15/h7-8H,3-6H2,1-2H3,(H3,16,17). The number of amidine groups is 1. The largest absolute Gasteiger partial charge is 0.486 e. The minimum atomic E-state index is -0.843. The van der Waals surface area contributed by atoms with Gasteiger partial charge in [-0.1, -0.05) is 13.8 Å². The summed E-state index contributed by atoms with van der Waals surface area (Å²) < 4.78 is 32.4. The number of hydrogen-bond acceptors (Lipinski definition) is 3. The van der Waals surface area contributed by atoms with Crippen LogP contribution in [0, 0.1) is 17.0 Å². The number of nitrogen functional groups attached to an aromatic ring is 1. The number of rotatable bonds is 7. The molecule has 1 aromatic carbocycles. The molecule has 0 saturated heterocycles. The second-order valence-electron chi connectivity index (χ2n) is 4.06. The third-order valence-corrected chi connectivity index (χ3v) is 2.86. The molecule has 0 bridgehead atoms. The fraction of sp³-hybridized carbons (Fsp3) is 0.462. The van der Waals surface area contributed by atoms with E-state index in [9.17, 15) is 8.78 Å². The van der Waals surface area contributed by atoms with Crippen LogP contribution >= 0.6 is 0 Å². The van der Waals surface area contributed by atoms with E-state index >= 15 is 0 Å². The molecule has 0 aliphatic carbocycles. The van der Waals surface area contributed by atoms with E-state index in [-0.39, 0.29) is 18.0 Å². The molecule has 0 spiro atoms. The molecular formula is C13H19F2N3O. The number of halogens is 2. The minimum Gasteiger partial charge on any atom is -0.486 e. The molecule has 106 valence electrons. The second-order valence-corrected chi connectivity index (χ2v) is 4.06. The Balaban J connectivity index is 2.71. The van der Waals surface area contributed by atoms with E-state index in [1.165, 1.54) is 0 Å². The number of nitrogens with two attached hydrogens (primary N) is 1. The van der Waals surface area contributed by atoms with Gasteiger partial charge in [-0.25, -0.2) is 8.78 Å². The molecule has 1 aromatic rings. The minimum absolute atomic E-state index is 0.00564. The molecule has 4 nitrogen and oxygen atoms in total.